The first kappa shape index (κ1) is 15.5. The molecule has 1 fully saturated rings. The summed E-state index contributed by atoms with van der Waals surface area (Å²) in [5.74, 6) is -0.182. The molecule has 0 aromatic heterocycles. The summed E-state index contributed by atoms with van der Waals surface area (Å²) in [4.78, 5) is 2.53. The minimum absolute atomic E-state index is 0.0449. The van der Waals surface area contributed by atoms with Crippen LogP contribution >= 0.6 is 0 Å². The Morgan fingerprint density at radius 2 is 1.80 bits per heavy atom. The molecule has 0 saturated carbocycles. The molecule has 0 spiro atoms. The molecule has 112 valence electrons. The fraction of sp³-hybridized carbons (Fsp3) is 0.647. The molecule has 1 aromatic carbocycles. The van der Waals surface area contributed by atoms with Gasteiger partial charge in [0.1, 0.15) is 5.82 Å². The number of nitrogens with two attached hydrogens (primary N) is 1. The highest BCUT2D eigenvalue weighted by Gasteiger charge is 2.41. The Kier molecular flexibility index (Phi) is 4.82. The lowest BCUT2D eigenvalue weighted by atomic mass is 9.79. The molecule has 3 heteroatoms. The second kappa shape index (κ2) is 6.23. The molecule has 1 unspecified atom stereocenters. The SMILES string of the molecule is CCC(CC)(C(N)c1cc(C)cc(F)c1)N1CCCC1. The van der Waals surface area contributed by atoms with Crippen LogP contribution in [0.5, 0.6) is 0 Å². The van der Waals surface area contributed by atoms with Crippen molar-refractivity contribution >= 4 is 0 Å². The third-order valence-electron chi connectivity index (χ3n) is 4.96. The molecular weight excluding hydrogens is 251 g/mol. The van der Waals surface area contributed by atoms with Gasteiger partial charge in [0.2, 0.25) is 0 Å². The maximum atomic E-state index is 13.7. The van der Waals surface area contributed by atoms with Crippen molar-refractivity contribution in [2.24, 2.45) is 5.73 Å². The first-order valence-corrected chi connectivity index (χ1v) is 7.81. The van der Waals surface area contributed by atoms with Crippen molar-refractivity contribution in [3.8, 4) is 0 Å². The van der Waals surface area contributed by atoms with Crippen LogP contribution in [0.25, 0.3) is 0 Å². The Labute approximate surface area is 122 Å². The molecule has 0 bridgehead atoms. The third-order valence-corrected chi connectivity index (χ3v) is 4.96. The van der Waals surface area contributed by atoms with E-state index in [1.165, 1.54) is 12.8 Å². The Balaban J connectivity index is 2.37. The summed E-state index contributed by atoms with van der Waals surface area (Å²) < 4.78 is 13.7. The lowest BCUT2D eigenvalue weighted by molar-refractivity contribution is 0.0765. The fourth-order valence-electron chi connectivity index (χ4n) is 3.75. The first-order valence-electron chi connectivity index (χ1n) is 7.81. The predicted octanol–water partition coefficient (Wildman–Crippen LogP) is 3.79. The quantitative estimate of drug-likeness (QED) is 0.888. The molecule has 2 nitrogen and oxygen atoms in total. The Bertz CT molecular complexity index is 428. The molecule has 2 N–H and O–H groups in total. The van der Waals surface area contributed by atoms with Crippen LogP contribution in [-0.2, 0) is 0 Å². The Hall–Kier alpha value is -0.930. The van der Waals surface area contributed by atoms with E-state index in [0.29, 0.717) is 0 Å². The van der Waals surface area contributed by atoms with E-state index in [9.17, 15) is 4.39 Å². The standard InChI is InChI=1S/C17H27FN2/c1-4-17(5-2,20-8-6-7-9-20)16(19)14-10-13(3)11-15(18)12-14/h10-12,16H,4-9,19H2,1-3H3. The number of likely N-dealkylation sites (tertiary alicyclic amines) is 1. The normalized spacial score (nSPS) is 18.4. The molecule has 0 aliphatic carbocycles. The molecule has 2 rings (SSSR count). The first-order chi connectivity index (χ1) is 9.53. The van der Waals surface area contributed by atoms with Crippen LogP contribution in [0, 0.1) is 12.7 Å². The number of hydrogen-bond acceptors (Lipinski definition) is 2. The van der Waals surface area contributed by atoms with Gasteiger partial charge in [-0.25, -0.2) is 4.39 Å². The monoisotopic (exact) mass is 278 g/mol. The van der Waals surface area contributed by atoms with Crippen molar-refractivity contribution in [1.29, 1.82) is 0 Å². The van der Waals surface area contributed by atoms with Crippen molar-refractivity contribution in [2.75, 3.05) is 13.1 Å². The molecule has 1 atom stereocenters. The second-order valence-electron chi connectivity index (χ2n) is 6.04. The van der Waals surface area contributed by atoms with E-state index in [1.807, 2.05) is 13.0 Å². The summed E-state index contributed by atoms with van der Waals surface area (Å²) in [5, 5.41) is 0. The molecular formula is C17H27FN2. The van der Waals surface area contributed by atoms with E-state index in [2.05, 4.69) is 18.7 Å². The highest BCUT2D eigenvalue weighted by Crippen LogP contribution is 2.38. The lowest BCUT2D eigenvalue weighted by Gasteiger charge is -2.45. The summed E-state index contributed by atoms with van der Waals surface area (Å²) in [7, 11) is 0. The van der Waals surface area contributed by atoms with Gasteiger partial charge in [-0.05, 0) is 69.0 Å². The van der Waals surface area contributed by atoms with Gasteiger partial charge in [0, 0.05) is 11.6 Å². The van der Waals surface area contributed by atoms with Crippen LogP contribution in [0.2, 0.25) is 0 Å². The van der Waals surface area contributed by atoms with E-state index in [4.69, 9.17) is 5.73 Å². The van der Waals surface area contributed by atoms with Crippen LogP contribution in [0.1, 0.15) is 56.7 Å². The maximum Gasteiger partial charge on any atom is 0.123 e. The molecule has 1 heterocycles. The average Bonchev–Trinajstić information content (AvgIpc) is 2.94. The summed E-state index contributed by atoms with van der Waals surface area (Å²) in [6.45, 7) is 8.56. The number of aryl methyl sites for hydroxylation is 1. The van der Waals surface area contributed by atoms with Gasteiger partial charge < -0.3 is 5.73 Å². The van der Waals surface area contributed by atoms with E-state index in [-0.39, 0.29) is 17.4 Å². The second-order valence-corrected chi connectivity index (χ2v) is 6.04. The lowest BCUT2D eigenvalue weighted by Crippen LogP contribution is -2.53. The number of halogens is 1. The van der Waals surface area contributed by atoms with Gasteiger partial charge in [-0.3, -0.25) is 4.90 Å². The van der Waals surface area contributed by atoms with Gasteiger partial charge in [0.05, 0.1) is 0 Å². The van der Waals surface area contributed by atoms with E-state index in [0.717, 1.165) is 37.1 Å². The van der Waals surface area contributed by atoms with E-state index in [1.54, 1.807) is 12.1 Å². The van der Waals surface area contributed by atoms with Crippen LogP contribution in [0.15, 0.2) is 18.2 Å². The zero-order valence-corrected chi connectivity index (χ0v) is 13.0. The van der Waals surface area contributed by atoms with Crippen molar-refractivity contribution in [3.05, 3.63) is 35.1 Å². The smallest absolute Gasteiger partial charge is 0.123 e. The number of nitrogens with zero attached hydrogens (tertiary/aromatic N) is 1. The van der Waals surface area contributed by atoms with Crippen LogP contribution < -0.4 is 5.73 Å². The molecule has 0 radical (unpaired) electrons. The van der Waals surface area contributed by atoms with Crippen molar-refractivity contribution in [1.82, 2.24) is 4.90 Å². The average molecular weight is 278 g/mol. The van der Waals surface area contributed by atoms with Crippen LogP contribution in [0.3, 0.4) is 0 Å². The molecule has 1 saturated heterocycles. The highest BCUT2D eigenvalue weighted by molar-refractivity contribution is 5.29. The van der Waals surface area contributed by atoms with Gasteiger partial charge in [-0.15, -0.1) is 0 Å². The maximum absolute atomic E-state index is 13.7. The molecule has 1 aliphatic heterocycles. The third kappa shape index (κ3) is 2.75. The highest BCUT2D eigenvalue weighted by atomic mass is 19.1. The van der Waals surface area contributed by atoms with Crippen LogP contribution in [0.4, 0.5) is 4.39 Å². The predicted molar refractivity (Wildman–Crippen MR) is 82.2 cm³/mol. The molecule has 1 aromatic rings. The summed E-state index contributed by atoms with van der Waals surface area (Å²) >= 11 is 0. The Morgan fingerprint density at radius 3 is 2.30 bits per heavy atom. The molecule has 1 aliphatic rings. The van der Waals surface area contributed by atoms with Crippen molar-refractivity contribution in [2.45, 2.75) is 58.0 Å². The van der Waals surface area contributed by atoms with E-state index < -0.39 is 0 Å². The number of hydrogen-bond donors (Lipinski definition) is 1. The minimum atomic E-state index is -0.182. The van der Waals surface area contributed by atoms with Gasteiger partial charge in [0.25, 0.3) is 0 Å². The zero-order chi connectivity index (χ0) is 14.8. The topological polar surface area (TPSA) is 29.3 Å². The van der Waals surface area contributed by atoms with Gasteiger partial charge in [-0.1, -0.05) is 19.9 Å². The number of rotatable bonds is 5. The van der Waals surface area contributed by atoms with E-state index >= 15 is 0 Å². The minimum Gasteiger partial charge on any atom is -0.322 e. The zero-order valence-electron chi connectivity index (χ0n) is 13.0. The number of benzene rings is 1. The largest absolute Gasteiger partial charge is 0.322 e. The van der Waals surface area contributed by atoms with Gasteiger partial charge >= 0.3 is 0 Å². The summed E-state index contributed by atoms with van der Waals surface area (Å²) in [5.41, 5.74) is 8.43. The summed E-state index contributed by atoms with van der Waals surface area (Å²) in [6, 6.07) is 5.06. The van der Waals surface area contributed by atoms with Gasteiger partial charge in [-0.2, -0.15) is 0 Å². The molecule has 20 heavy (non-hydrogen) atoms. The van der Waals surface area contributed by atoms with Gasteiger partial charge in [0.15, 0.2) is 0 Å². The van der Waals surface area contributed by atoms with Crippen molar-refractivity contribution < 1.29 is 4.39 Å². The molecule has 0 amide bonds. The van der Waals surface area contributed by atoms with Crippen molar-refractivity contribution in [3.63, 3.8) is 0 Å². The summed E-state index contributed by atoms with van der Waals surface area (Å²) in [6.07, 6.45) is 4.49. The van der Waals surface area contributed by atoms with Crippen LogP contribution in [-0.4, -0.2) is 23.5 Å². The Morgan fingerprint density at radius 1 is 1.20 bits per heavy atom. The fourth-order valence-corrected chi connectivity index (χ4v) is 3.75.